The van der Waals surface area contributed by atoms with Crippen molar-refractivity contribution >= 4 is 23.2 Å². The van der Waals surface area contributed by atoms with Crippen molar-refractivity contribution in [1.82, 2.24) is 10.9 Å². The van der Waals surface area contributed by atoms with E-state index in [1.807, 2.05) is 41.8 Å². The third kappa shape index (κ3) is 4.51. The highest BCUT2D eigenvalue weighted by molar-refractivity contribution is 7.12. The van der Waals surface area contributed by atoms with Gasteiger partial charge in [-0.25, -0.2) is 4.39 Å². The zero-order valence-corrected chi connectivity index (χ0v) is 15.3. The molecular weight excluding hydrogens is 367 g/mol. The Kier molecular flexibility index (Phi) is 5.83. The molecule has 0 saturated heterocycles. The first-order valence-electron chi connectivity index (χ1n) is 8.20. The highest BCUT2D eigenvalue weighted by Gasteiger charge is 2.19. The topological polar surface area (TPSA) is 67.4 Å². The lowest BCUT2D eigenvalue weighted by molar-refractivity contribution is -0.128. The minimum absolute atomic E-state index is 0.0314. The summed E-state index contributed by atoms with van der Waals surface area (Å²) in [6.45, 7) is 1.47. The van der Waals surface area contributed by atoms with Crippen LogP contribution in [0.1, 0.15) is 16.6 Å². The van der Waals surface area contributed by atoms with Gasteiger partial charge in [0.1, 0.15) is 4.88 Å². The standard InChI is InChI=1S/C20H17FN2O3S/c1-13(26-17-10-6-5-9-16(17)21)19(24)22-23-20(25)18-15(11-12-27-18)14-7-3-2-4-8-14/h2-13H,1H3,(H,22,24)(H,23,25). The van der Waals surface area contributed by atoms with E-state index in [-0.39, 0.29) is 5.75 Å². The Morgan fingerprint density at radius 1 is 1.00 bits per heavy atom. The van der Waals surface area contributed by atoms with Crippen LogP contribution in [-0.4, -0.2) is 17.9 Å². The second-order valence-corrected chi connectivity index (χ2v) is 6.58. The number of hydrogen-bond donors (Lipinski definition) is 2. The first-order chi connectivity index (χ1) is 13.1. The maximum Gasteiger partial charge on any atom is 0.280 e. The molecule has 0 radical (unpaired) electrons. The second-order valence-electron chi connectivity index (χ2n) is 5.66. The quantitative estimate of drug-likeness (QED) is 0.658. The molecule has 138 valence electrons. The van der Waals surface area contributed by atoms with Crippen molar-refractivity contribution in [2.24, 2.45) is 0 Å². The normalized spacial score (nSPS) is 11.5. The van der Waals surface area contributed by atoms with Gasteiger partial charge in [0.15, 0.2) is 17.7 Å². The molecule has 0 aliphatic carbocycles. The summed E-state index contributed by atoms with van der Waals surface area (Å²) in [6.07, 6.45) is -0.987. The molecule has 0 fully saturated rings. The molecule has 7 heteroatoms. The molecule has 0 aliphatic heterocycles. The van der Waals surface area contributed by atoms with Crippen molar-refractivity contribution in [2.75, 3.05) is 0 Å². The summed E-state index contributed by atoms with van der Waals surface area (Å²) in [5, 5.41) is 1.81. The smallest absolute Gasteiger partial charge is 0.280 e. The Balaban J connectivity index is 1.60. The number of thiophene rings is 1. The maximum absolute atomic E-state index is 13.6. The minimum atomic E-state index is -0.987. The van der Waals surface area contributed by atoms with E-state index in [2.05, 4.69) is 10.9 Å². The van der Waals surface area contributed by atoms with Crippen molar-refractivity contribution in [3.63, 3.8) is 0 Å². The van der Waals surface area contributed by atoms with E-state index in [1.165, 1.54) is 36.5 Å². The van der Waals surface area contributed by atoms with Crippen LogP contribution in [0, 0.1) is 5.82 Å². The Morgan fingerprint density at radius 2 is 1.70 bits per heavy atom. The fraction of sp³-hybridized carbons (Fsp3) is 0.100. The number of carbonyl (C=O) groups is 2. The van der Waals surface area contributed by atoms with Gasteiger partial charge in [0.25, 0.3) is 11.8 Å². The highest BCUT2D eigenvalue weighted by Crippen LogP contribution is 2.27. The molecule has 3 rings (SSSR count). The molecule has 1 unspecified atom stereocenters. The van der Waals surface area contributed by atoms with Gasteiger partial charge >= 0.3 is 0 Å². The van der Waals surface area contributed by atoms with Crippen LogP contribution in [0.4, 0.5) is 4.39 Å². The van der Waals surface area contributed by atoms with Crippen molar-refractivity contribution in [3.8, 4) is 16.9 Å². The summed E-state index contributed by atoms with van der Waals surface area (Å²) in [4.78, 5) is 25.0. The molecule has 2 N–H and O–H groups in total. The van der Waals surface area contributed by atoms with Gasteiger partial charge in [0, 0.05) is 5.56 Å². The largest absolute Gasteiger partial charge is 0.478 e. The summed E-state index contributed by atoms with van der Waals surface area (Å²) in [5.41, 5.74) is 6.37. The van der Waals surface area contributed by atoms with E-state index in [0.29, 0.717) is 4.88 Å². The Hall–Kier alpha value is -3.19. The summed E-state index contributed by atoms with van der Waals surface area (Å²) in [5.74, 6) is -1.62. The van der Waals surface area contributed by atoms with Gasteiger partial charge in [-0.15, -0.1) is 11.3 Å². The van der Waals surface area contributed by atoms with Crippen molar-refractivity contribution in [1.29, 1.82) is 0 Å². The van der Waals surface area contributed by atoms with Crippen molar-refractivity contribution < 1.29 is 18.7 Å². The second kappa shape index (κ2) is 8.46. The lowest BCUT2D eigenvalue weighted by Crippen LogP contribution is -2.47. The van der Waals surface area contributed by atoms with Crippen LogP contribution >= 0.6 is 11.3 Å². The summed E-state index contributed by atoms with van der Waals surface area (Å²) < 4.78 is 18.9. The van der Waals surface area contributed by atoms with Gasteiger partial charge in [0.05, 0.1) is 0 Å². The number of ether oxygens (including phenoxy) is 1. The van der Waals surface area contributed by atoms with E-state index < -0.39 is 23.7 Å². The molecule has 5 nitrogen and oxygen atoms in total. The number of rotatable bonds is 5. The number of hydrazine groups is 1. The van der Waals surface area contributed by atoms with E-state index in [1.54, 1.807) is 6.07 Å². The zero-order chi connectivity index (χ0) is 19.2. The van der Waals surface area contributed by atoms with Gasteiger partial charge in [0.2, 0.25) is 0 Å². The lowest BCUT2D eigenvalue weighted by Gasteiger charge is -2.15. The van der Waals surface area contributed by atoms with Crippen LogP contribution in [-0.2, 0) is 4.79 Å². The van der Waals surface area contributed by atoms with Crippen molar-refractivity contribution in [3.05, 3.63) is 76.7 Å². The number of benzene rings is 2. The average molecular weight is 384 g/mol. The van der Waals surface area contributed by atoms with Gasteiger partial charge < -0.3 is 4.74 Å². The molecule has 2 aromatic carbocycles. The van der Waals surface area contributed by atoms with Crippen LogP contribution in [0.5, 0.6) is 5.75 Å². The van der Waals surface area contributed by atoms with E-state index >= 15 is 0 Å². The molecule has 3 aromatic rings. The molecule has 0 saturated carbocycles. The molecule has 0 spiro atoms. The van der Waals surface area contributed by atoms with Gasteiger partial charge in [-0.05, 0) is 36.1 Å². The predicted molar refractivity (Wildman–Crippen MR) is 102 cm³/mol. The number of halogens is 1. The van der Waals surface area contributed by atoms with Gasteiger partial charge in [-0.3, -0.25) is 20.4 Å². The number of carbonyl (C=O) groups excluding carboxylic acids is 2. The summed E-state index contributed by atoms with van der Waals surface area (Å²) in [7, 11) is 0. The molecule has 0 bridgehead atoms. The van der Waals surface area contributed by atoms with Crippen molar-refractivity contribution in [2.45, 2.75) is 13.0 Å². The van der Waals surface area contributed by atoms with Crippen LogP contribution in [0.25, 0.3) is 11.1 Å². The molecule has 1 aromatic heterocycles. The fourth-order valence-corrected chi connectivity index (χ4v) is 3.20. The maximum atomic E-state index is 13.6. The van der Waals surface area contributed by atoms with Crippen LogP contribution in [0.2, 0.25) is 0 Å². The molecule has 0 aliphatic rings. The lowest BCUT2D eigenvalue weighted by atomic mass is 10.1. The number of amides is 2. The average Bonchev–Trinajstić information content (AvgIpc) is 3.18. The molecule has 1 heterocycles. The third-order valence-electron chi connectivity index (χ3n) is 3.77. The summed E-state index contributed by atoms with van der Waals surface area (Å²) >= 11 is 1.27. The third-order valence-corrected chi connectivity index (χ3v) is 4.68. The zero-order valence-electron chi connectivity index (χ0n) is 14.4. The molecule has 2 amide bonds. The first kappa shape index (κ1) is 18.6. The first-order valence-corrected chi connectivity index (χ1v) is 9.08. The number of nitrogens with one attached hydrogen (secondary N) is 2. The van der Waals surface area contributed by atoms with Gasteiger partial charge in [-0.1, -0.05) is 42.5 Å². The van der Waals surface area contributed by atoms with Crippen LogP contribution < -0.4 is 15.6 Å². The Labute approximate surface area is 159 Å². The molecule has 1 atom stereocenters. The van der Waals surface area contributed by atoms with Crippen LogP contribution in [0.15, 0.2) is 66.0 Å². The molecular formula is C20H17FN2O3S. The minimum Gasteiger partial charge on any atom is -0.478 e. The number of para-hydroxylation sites is 1. The van der Waals surface area contributed by atoms with E-state index in [9.17, 15) is 14.0 Å². The Bertz CT molecular complexity index is 943. The van der Waals surface area contributed by atoms with Crippen LogP contribution in [0.3, 0.4) is 0 Å². The van der Waals surface area contributed by atoms with Gasteiger partial charge in [-0.2, -0.15) is 0 Å². The fourth-order valence-electron chi connectivity index (χ4n) is 2.39. The highest BCUT2D eigenvalue weighted by atomic mass is 32.1. The summed E-state index contributed by atoms with van der Waals surface area (Å²) in [6, 6.07) is 17.1. The van der Waals surface area contributed by atoms with E-state index in [0.717, 1.165) is 11.1 Å². The predicted octanol–water partition coefficient (Wildman–Crippen LogP) is 3.78. The number of hydrogen-bond acceptors (Lipinski definition) is 4. The Morgan fingerprint density at radius 3 is 2.44 bits per heavy atom. The SMILES string of the molecule is CC(Oc1ccccc1F)C(=O)NNC(=O)c1sccc1-c1ccccc1. The van der Waals surface area contributed by atoms with E-state index in [4.69, 9.17) is 4.74 Å². The molecule has 27 heavy (non-hydrogen) atoms. The monoisotopic (exact) mass is 384 g/mol.